The lowest BCUT2D eigenvalue weighted by Crippen LogP contribution is -2.61. The molecule has 13 nitrogen and oxygen atoms in total. The smallest absolute Gasteiger partial charge is 0.326 e. The molecule has 4 amide bonds. The van der Waals surface area contributed by atoms with Gasteiger partial charge in [-0.2, -0.15) is 11.3 Å². The minimum atomic E-state index is -1.25. The van der Waals surface area contributed by atoms with Crippen LogP contribution in [0.2, 0.25) is 0 Å². The fraction of sp³-hybridized carbons (Fsp3) is 0.450. The summed E-state index contributed by atoms with van der Waals surface area (Å²) in [5, 5.41) is 22.7. The topological polar surface area (TPSA) is 209 Å². The van der Waals surface area contributed by atoms with Crippen molar-refractivity contribution in [3.05, 3.63) is 93.2 Å². The van der Waals surface area contributed by atoms with Crippen LogP contribution >= 0.6 is 11.3 Å². The standard InChI is InChI=1S/C40H51N7O6S/c1-25(48)44-35(27-13-6-3-7-14-27)37(50)45-32(17-10-18-43-40(41)42)38(51)47-22-29-16-9-8-15-28(29)21-34(47)36(49)46-33(39(52)53)20-31-24-54-23-30(31)19-26-11-4-2-5-12-26/h2,4-5,8-9,11-12,15-16,23-24,27,32-35H,3,6-7,10,13-14,17-22H2,1H3,(H,44,48)(H,45,50)(H,46,49)(H,52,53)(H4,41,42,43)/t32-,33-,34-,35?/m0/s1. The molecule has 5 rings (SSSR count). The number of amides is 4. The molecule has 1 unspecified atom stereocenters. The molecular formula is C40H51N7O6S. The van der Waals surface area contributed by atoms with E-state index < -0.39 is 47.9 Å². The summed E-state index contributed by atoms with van der Waals surface area (Å²) in [6, 6.07) is 13.2. The first-order valence-electron chi connectivity index (χ1n) is 18.6. The number of carboxylic acid groups (broad SMARTS) is 1. The van der Waals surface area contributed by atoms with Crippen molar-refractivity contribution in [3.8, 4) is 0 Å². The van der Waals surface area contributed by atoms with E-state index in [0.29, 0.717) is 12.8 Å². The number of nitrogens with one attached hydrogen (secondary N) is 3. The number of aliphatic carboxylic acids is 1. The van der Waals surface area contributed by atoms with Gasteiger partial charge < -0.3 is 37.4 Å². The van der Waals surface area contributed by atoms with E-state index in [1.807, 2.05) is 65.4 Å². The predicted octanol–water partition coefficient (Wildman–Crippen LogP) is 3.03. The van der Waals surface area contributed by atoms with Crippen LogP contribution in [0.1, 0.15) is 79.7 Å². The fourth-order valence-electron chi connectivity index (χ4n) is 7.48. The highest BCUT2D eigenvalue weighted by atomic mass is 32.1. The number of nitrogens with two attached hydrogens (primary N) is 2. The number of hydrogen-bond donors (Lipinski definition) is 6. The van der Waals surface area contributed by atoms with Gasteiger partial charge in [-0.1, -0.05) is 73.9 Å². The molecule has 0 saturated heterocycles. The molecule has 2 aliphatic rings. The van der Waals surface area contributed by atoms with E-state index in [9.17, 15) is 29.1 Å². The highest BCUT2D eigenvalue weighted by Crippen LogP contribution is 2.28. The average Bonchev–Trinajstić information content (AvgIpc) is 3.60. The summed E-state index contributed by atoms with van der Waals surface area (Å²) in [6.45, 7) is 1.65. The fourth-order valence-corrected chi connectivity index (χ4v) is 8.36. The largest absolute Gasteiger partial charge is 0.480 e. The van der Waals surface area contributed by atoms with E-state index >= 15 is 0 Å². The number of carbonyl (C=O) groups excluding carboxylic acids is 4. The van der Waals surface area contributed by atoms with Crippen LogP contribution in [0.25, 0.3) is 0 Å². The molecule has 14 heteroatoms. The van der Waals surface area contributed by atoms with E-state index in [4.69, 9.17) is 11.5 Å². The van der Waals surface area contributed by atoms with E-state index in [-0.39, 0.29) is 50.1 Å². The number of nitrogens with zero attached hydrogens (tertiary/aromatic N) is 2. The van der Waals surface area contributed by atoms with E-state index in [0.717, 1.165) is 59.9 Å². The Hall–Kier alpha value is -5.24. The maximum absolute atomic E-state index is 14.6. The highest BCUT2D eigenvalue weighted by molar-refractivity contribution is 7.08. The number of benzene rings is 2. The molecular weight excluding hydrogens is 707 g/mol. The Bertz CT molecular complexity index is 1800. The summed E-state index contributed by atoms with van der Waals surface area (Å²) in [5.41, 5.74) is 15.7. The van der Waals surface area contributed by atoms with E-state index in [1.54, 1.807) is 0 Å². The lowest BCUT2D eigenvalue weighted by Gasteiger charge is -2.39. The molecule has 1 aliphatic heterocycles. The Morgan fingerprint density at radius 3 is 2.26 bits per heavy atom. The van der Waals surface area contributed by atoms with Gasteiger partial charge in [-0.05, 0) is 76.6 Å². The third-order valence-electron chi connectivity index (χ3n) is 10.3. The molecule has 2 aromatic carbocycles. The summed E-state index contributed by atoms with van der Waals surface area (Å²) in [5.74, 6) is -3.28. The van der Waals surface area contributed by atoms with Crippen LogP contribution in [-0.2, 0) is 49.8 Å². The molecule has 1 saturated carbocycles. The Kier molecular flexibility index (Phi) is 14.2. The van der Waals surface area contributed by atoms with Crippen molar-refractivity contribution in [2.24, 2.45) is 22.4 Å². The number of hydrogen-bond acceptors (Lipinski definition) is 7. The first kappa shape index (κ1) is 40.0. The molecule has 1 fully saturated rings. The number of carbonyl (C=O) groups is 5. The molecule has 288 valence electrons. The number of carboxylic acids is 1. The van der Waals surface area contributed by atoms with Crippen LogP contribution in [-0.4, -0.2) is 76.3 Å². The van der Waals surface area contributed by atoms with Crippen molar-refractivity contribution in [2.45, 2.75) is 102 Å². The summed E-state index contributed by atoms with van der Waals surface area (Å²) in [4.78, 5) is 73.1. The number of rotatable bonds is 16. The van der Waals surface area contributed by atoms with Crippen LogP contribution in [0.3, 0.4) is 0 Å². The van der Waals surface area contributed by atoms with Crippen LogP contribution in [0.5, 0.6) is 0 Å². The van der Waals surface area contributed by atoms with Gasteiger partial charge in [0.2, 0.25) is 23.6 Å². The second kappa shape index (κ2) is 19.2. The van der Waals surface area contributed by atoms with Crippen LogP contribution < -0.4 is 27.4 Å². The maximum Gasteiger partial charge on any atom is 0.326 e. The van der Waals surface area contributed by atoms with E-state index in [1.165, 1.54) is 23.2 Å². The first-order valence-corrected chi connectivity index (χ1v) is 19.6. The zero-order valence-electron chi connectivity index (χ0n) is 30.7. The number of fused-ring (bicyclic) bond motifs is 1. The van der Waals surface area contributed by atoms with Gasteiger partial charge in [0.05, 0.1) is 0 Å². The molecule has 4 atom stereocenters. The second-order valence-electron chi connectivity index (χ2n) is 14.2. The Morgan fingerprint density at radius 1 is 0.889 bits per heavy atom. The molecule has 0 radical (unpaired) electrons. The van der Waals surface area contributed by atoms with Gasteiger partial charge in [-0.25, -0.2) is 4.79 Å². The molecule has 54 heavy (non-hydrogen) atoms. The monoisotopic (exact) mass is 757 g/mol. The quantitative estimate of drug-likeness (QED) is 0.0725. The molecule has 8 N–H and O–H groups in total. The lowest BCUT2D eigenvalue weighted by atomic mass is 9.83. The highest BCUT2D eigenvalue weighted by Gasteiger charge is 2.40. The SMILES string of the molecule is CC(=O)NC(C(=O)N[C@@H](CCCN=C(N)N)C(=O)N1Cc2ccccc2C[C@H]1C(=O)N[C@@H](Cc1cscc1Cc1ccccc1)C(=O)O)C1CCCCC1. The summed E-state index contributed by atoms with van der Waals surface area (Å²) in [7, 11) is 0. The van der Waals surface area contributed by atoms with Crippen molar-refractivity contribution in [1.29, 1.82) is 0 Å². The van der Waals surface area contributed by atoms with Crippen molar-refractivity contribution >= 4 is 46.9 Å². The molecule has 2 heterocycles. The second-order valence-corrected chi connectivity index (χ2v) is 15.0. The zero-order chi connectivity index (χ0) is 38.6. The van der Waals surface area contributed by atoms with Crippen molar-refractivity contribution in [3.63, 3.8) is 0 Å². The van der Waals surface area contributed by atoms with Gasteiger partial charge in [0.25, 0.3) is 0 Å². The van der Waals surface area contributed by atoms with Gasteiger partial charge >= 0.3 is 5.97 Å². The van der Waals surface area contributed by atoms with Crippen molar-refractivity contribution in [1.82, 2.24) is 20.9 Å². The van der Waals surface area contributed by atoms with Gasteiger partial charge in [0.1, 0.15) is 24.2 Å². The average molecular weight is 758 g/mol. The van der Waals surface area contributed by atoms with Crippen molar-refractivity contribution in [2.75, 3.05) is 6.54 Å². The molecule has 3 aromatic rings. The van der Waals surface area contributed by atoms with Gasteiger partial charge in [-0.3, -0.25) is 24.2 Å². The minimum absolute atomic E-state index is 0.0686. The number of thiophene rings is 1. The van der Waals surface area contributed by atoms with Gasteiger partial charge in [-0.15, -0.1) is 0 Å². The van der Waals surface area contributed by atoms with Crippen LogP contribution in [0.15, 0.2) is 70.3 Å². The molecule has 1 aromatic heterocycles. The maximum atomic E-state index is 14.6. The predicted molar refractivity (Wildman–Crippen MR) is 207 cm³/mol. The first-order chi connectivity index (χ1) is 26.0. The minimum Gasteiger partial charge on any atom is -0.480 e. The molecule has 1 aliphatic carbocycles. The van der Waals surface area contributed by atoms with Gasteiger partial charge in [0, 0.05) is 32.9 Å². The lowest BCUT2D eigenvalue weighted by molar-refractivity contribution is -0.147. The Balaban J connectivity index is 1.39. The summed E-state index contributed by atoms with van der Waals surface area (Å²) < 4.78 is 0. The normalized spacial score (nSPS) is 17.3. The number of guanidine groups is 1. The number of aliphatic imine (C=N–C) groups is 1. The van der Waals surface area contributed by atoms with Crippen LogP contribution in [0.4, 0.5) is 0 Å². The third kappa shape index (κ3) is 10.9. The van der Waals surface area contributed by atoms with E-state index in [2.05, 4.69) is 20.9 Å². The summed E-state index contributed by atoms with van der Waals surface area (Å²) >= 11 is 1.48. The van der Waals surface area contributed by atoms with Gasteiger partial charge in [0.15, 0.2) is 5.96 Å². The zero-order valence-corrected chi connectivity index (χ0v) is 31.5. The molecule has 0 spiro atoms. The van der Waals surface area contributed by atoms with Crippen molar-refractivity contribution < 1.29 is 29.1 Å². The summed E-state index contributed by atoms with van der Waals surface area (Å²) in [6.07, 6.45) is 5.84. The Labute approximate surface area is 320 Å². The third-order valence-corrected chi connectivity index (χ3v) is 11.1. The Morgan fingerprint density at radius 2 is 1.57 bits per heavy atom. The van der Waals surface area contributed by atoms with Crippen LogP contribution in [0, 0.1) is 5.92 Å². The molecule has 0 bridgehead atoms.